The summed E-state index contributed by atoms with van der Waals surface area (Å²) in [5, 5.41) is 3.07. The van der Waals surface area contributed by atoms with Crippen LogP contribution in [0.5, 0.6) is 5.75 Å². The highest BCUT2D eigenvalue weighted by molar-refractivity contribution is 7.14. The third kappa shape index (κ3) is 7.08. The van der Waals surface area contributed by atoms with Crippen LogP contribution in [0.2, 0.25) is 0 Å². The van der Waals surface area contributed by atoms with Gasteiger partial charge in [-0.1, -0.05) is 29.8 Å². The first-order chi connectivity index (χ1) is 19.8. The number of hydrogen-bond acceptors (Lipinski definition) is 8. The maximum absolute atomic E-state index is 12.1. The maximum Gasteiger partial charge on any atom is 0.309 e. The zero-order valence-electron chi connectivity index (χ0n) is 24.5. The second-order valence-corrected chi connectivity index (χ2v) is 11.9. The van der Waals surface area contributed by atoms with E-state index in [-0.39, 0.29) is 17.8 Å². The molecule has 2 aliphatic heterocycles. The topological polar surface area (TPSA) is 75.2 Å². The number of hydrogen-bond donors (Lipinski definition) is 0. The van der Waals surface area contributed by atoms with Gasteiger partial charge in [-0.3, -0.25) is 14.5 Å². The average Bonchev–Trinajstić information content (AvgIpc) is 3.46. The van der Waals surface area contributed by atoms with Gasteiger partial charge in [-0.15, -0.1) is 11.3 Å². The van der Waals surface area contributed by atoms with E-state index < -0.39 is 0 Å². The highest BCUT2D eigenvalue weighted by Gasteiger charge is 2.27. The second kappa shape index (κ2) is 13.0. The molecule has 3 aromatic rings. The highest BCUT2D eigenvalue weighted by atomic mass is 32.1. The maximum atomic E-state index is 12.1. The van der Waals surface area contributed by atoms with Crippen LogP contribution in [0.25, 0.3) is 11.3 Å². The Labute approximate surface area is 246 Å². The van der Waals surface area contributed by atoms with E-state index in [9.17, 15) is 9.59 Å². The molecule has 0 radical (unpaired) electrons. The van der Waals surface area contributed by atoms with Gasteiger partial charge in [0.2, 0.25) is 5.91 Å². The van der Waals surface area contributed by atoms with Crippen LogP contribution in [0.1, 0.15) is 42.0 Å². The van der Waals surface area contributed by atoms with Crippen molar-refractivity contribution in [3.63, 3.8) is 0 Å². The van der Waals surface area contributed by atoms with E-state index in [4.69, 9.17) is 14.5 Å². The number of rotatable bonds is 9. The van der Waals surface area contributed by atoms with Crippen molar-refractivity contribution in [3.8, 4) is 17.0 Å². The third-order valence-corrected chi connectivity index (χ3v) is 8.92. The Hall–Kier alpha value is -3.43. The SMILES string of the molecule is CCOC(=O)C1CCN(c2nc(-c3cc(C)ccc3OCc3ccc(CN4CCN(C)C(=O)C4)cc3C)cs2)CC1. The van der Waals surface area contributed by atoms with Gasteiger partial charge in [0.25, 0.3) is 0 Å². The van der Waals surface area contributed by atoms with Gasteiger partial charge in [0.15, 0.2) is 5.13 Å². The smallest absolute Gasteiger partial charge is 0.309 e. The summed E-state index contributed by atoms with van der Waals surface area (Å²) in [6.45, 7) is 11.5. The lowest BCUT2D eigenvalue weighted by Crippen LogP contribution is -2.47. The van der Waals surface area contributed by atoms with Gasteiger partial charge in [-0.25, -0.2) is 4.98 Å². The quantitative estimate of drug-likeness (QED) is 0.330. The molecule has 9 heteroatoms. The number of anilines is 1. The predicted molar refractivity (Wildman–Crippen MR) is 162 cm³/mol. The number of ether oxygens (including phenoxy) is 2. The molecule has 1 amide bonds. The Morgan fingerprint density at radius 1 is 1.07 bits per heavy atom. The van der Waals surface area contributed by atoms with Gasteiger partial charge in [-0.2, -0.15) is 0 Å². The van der Waals surface area contributed by atoms with Crippen molar-refractivity contribution < 1.29 is 19.1 Å². The van der Waals surface area contributed by atoms with Crippen LogP contribution >= 0.6 is 11.3 Å². The molecule has 41 heavy (non-hydrogen) atoms. The van der Waals surface area contributed by atoms with Crippen LogP contribution in [0.4, 0.5) is 5.13 Å². The number of aromatic nitrogens is 1. The number of esters is 1. The van der Waals surface area contributed by atoms with Crippen molar-refractivity contribution in [1.82, 2.24) is 14.8 Å². The lowest BCUT2D eigenvalue weighted by Gasteiger charge is -2.32. The molecule has 2 aliphatic rings. The first-order valence-electron chi connectivity index (χ1n) is 14.5. The monoisotopic (exact) mass is 576 g/mol. The zero-order chi connectivity index (χ0) is 28.9. The molecule has 3 heterocycles. The largest absolute Gasteiger partial charge is 0.488 e. The van der Waals surface area contributed by atoms with Crippen molar-refractivity contribution in [3.05, 3.63) is 64.0 Å². The van der Waals surface area contributed by atoms with Crippen molar-refractivity contribution in [2.45, 2.75) is 46.8 Å². The highest BCUT2D eigenvalue weighted by Crippen LogP contribution is 2.36. The summed E-state index contributed by atoms with van der Waals surface area (Å²) in [6, 6.07) is 12.7. The van der Waals surface area contributed by atoms with Crippen molar-refractivity contribution >= 4 is 28.3 Å². The molecule has 2 fully saturated rings. The van der Waals surface area contributed by atoms with Gasteiger partial charge >= 0.3 is 5.97 Å². The zero-order valence-corrected chi connectivity index (χ0v) is 25.3. The molecule has 1 aromatic heterocycles. The van der Waals surface area contributed by atoms with E-state index in [1.54, 1.807) is 16.2 Å². The Bertz CT molecular complexity index is 1380. The van der Waals surface area contributed by atoms with E-state index in [2.05, 4.69) is 59.4 Å². The van der Waals surface area contributed by atoms with Gasteiger partial charge < -0.3 is 19.3 Å². The predicted octanol–water partition coefficient (Wildman–Crippen LogP) is 5.06. The van der Waals surface area contributed by atoms with Crippen LogP contribution in [-0.4, -0.2) is 73.0 Å². The molecule has 218 valence electrons. The first kappa shape index (κ1) is 29.1. The summed E-state index contributed by atoms with van der Waals surface area (Å²) in [5.41, 5.74) is 6.57. The summed E-state index contributed by atoms with van der Waals surface area (Å²) < 4.78 is 11.6. The van der Waals surface area contributed by atoms with Crippen LogP contribution in [0.3, 0.4) is 0 Å². The van der Waals surface area contributed by atoms with Gasteiger partial charge in [0.05, 0.1) is 24.8 Å². The number of likely N-dealkylation sites (N-methyl/N-ethyl adjacent to an activating group) is 1. The summed E-state index contributed by atoms with van der Waals surface area (Å²) >= 11 is 1.63. The fraction of sp³-hybridized carbons (Fsp3) is 0.469. The van der Waals surface area contributed by atoms with Crippen molar-refractivity contribution in [2.75, 3.05) is 51.3 Å². The Morgan fingerprint density at radius 2 is 1.88 bits per heavy atom. The molecule has 0 spiro atoms. The third-order valence-electron chi connectivity index (χ3n) is 8.02. The minimum atomic E-state index is -0.0788. The van der Waals surface area contributed by atoms with Crippen molar-refractivity contribution in [2.24, 2.45) is 5.92 Å². The lowest BCUT2D eigenvalue weighted by molar-refractivity contribution is -0.148. The van der Waals surface area contributed by atoms with E-state index in [1.807, 2.05) is 20.0 Å². The normalized spacial score (nSPS) is 16.7. The molecule has 2 aromatic carbocycles. The molecule has 0 saturated carbocycles. The van der Waals surface area contributed by atoms with E-state index in [0.717, 1.165) is 78.8 Å². The van der Waals surface area contributed by atoms with E-state index >= 15 is 0 Å². The first-order valence-corrected chi connectivity index (χ1v) is 15.3. The van der Waals surface area contributed by atoms with Gasteiger partial charge in [0.1, 0.15) is 12.4 Å². The molecule has 2 saturated heterocycles. The van der Waals surface area contributed by atoms with Gasteiger partial charge in [0, 0.05) is 50.7 Å². The Morgan fingerprint density at radius 3 is 2.61 bits per heavy atom. The van der Waals surface area contributed by atoms with Crippen molar-refractivity contribution in [1.29, 1.82) is 0 Å². The second-order valence-electron chi connectivity index (χ2n) is 11.1. The number of carbonyl (C=O) groups is 2. The molecule has 5 rings (SSSR count). The van der Waals surface area contributed by atoms with Gasteiger partial charge in [-0.05, 0) is 62.4 Å². The number of carbonyl (C=O) groups excluding carboxylic acids is 2. The van der Waals surface area contributed by atoms with E-state index in [1.165, 1.54) is 11.1 Å². The molecular weight excluding hydrogens is 536 g/mol. The number of nitrogens with zero attached hydrogens (tertiary/aromatic N) is 4. The molecule has 0 bridgehead atoms. The minimum absolute atomic E-state index is 0.0177. The summed E-state index contributed by atoms with van der Waals surface area (Å²) in [4.78, 5) is 35.4. The minimum Gasteiger partial charge on any atom is -0.488 e. The van der Waals surface area contributed by atoms with Crippen LogP contribution < -0.4 is 9.64 Å². The van der Waals surface area contributed by atoms with E-state index in [0.29, 0.717) is 19.8 Å². The average molecular weight is 577 g/mol. The number of benzene rings is 2. The number of aryl methyl sites for hydroxylation is 2. The van der Waals surface area contributed by atoms with Crippen LogP contribution in [0.15, 0.2) is 41.8 Å². The molecule has 0 aliphatic carbocycles. The number of thiazole rings is 1. The molecule has 0 N–H and O–H groups in total. The fourth-order valence-electron chi connectivity index (χ4n) is 5.44. The summed E-state index contributed by atoms with van der Waals surface area (Å²) in [5.74, 6) is 0.895. The molecule has 8 nitrogen and oxygen atoms in total. The number of piperidine rings is 1. The standard InChI is InChI=1S/C32H40N4O4S/c1-5-39-31(38)25-10-12-36(13-11-25)32-33-28(21-41-32)27-16-22(2)6-9-29(27)40-20-26-8-7-24(17-23(26)3)18-35-15-14-34(4)30(37)19-35/h6-9,16-17,21,25H,5,10-15,18-20H2,1-4H3. The molecule has 0 atom stereocenters. The lowest BCUT2D eigenvalue weighted by atomic mass is 9.97. The Kier molecular flexibility index (Phi) is 9.25. The molecular formula is C32H40N4O4S. The molecule has 0 unspecified atom stereocenters. The summed E-state index contributed by atoms with van der Waals surface area (Å²) in [6.07, 6.45) is 1.58. The van der Waals surface area contributed by atoms with Crippen LogP contribution in [0, 0.1) is 19.8 Å². The number of piperazine rings is 1. The van der Waals surface area contributed by atoms with Crippen LogP contribution in [-0.2, 0) is 27.5 Å². The fourth-order valence-corrected chi connectivity index (χ4v) is 6.32. The number of amides is 1. The summed E-state index contributed by atoms with van der Waals surface area (Å²) in [7, 11) is 1.86. The Balaban J connectivity index is 1.23.